The average Bonchev–Trinajstić information content (AvgIpc) is 2.34. The highest BCUT2D eigenvalue weighted by Gasteiger charge is 2.15. The quantitative estimate of drug-likeness (QED) is 0.384. The third-order valence-electron chi connectivity index (χ3n) is 2.34. The number of halogens is 2. The monoisotopic (exact) mass is 333 g/mol. The molecule has 0 atom stereocenters. The van der Waals surface area contributed by atoms with Crippen molar-refractivity contribution in [3.05, 3.63) is 33.3 Å². The van der Waals surface area contributed by atoms with Crippen LogP contribution in [0.2, 0.25) is 5.02 Å². The van der Waals surface area contributed by atoms with Crippen LogP contribution in [0.3, 0.4) is 0 Å². The van der Waals surface area contributed by atoms with Gasteiger partial charge in [-0.05, 0) is 18.2 Å². The van der Waals surface area contributed by atoms with Gasteiger partial charge >= 0.3 is 0 Å². The van der Waals surface area contributed by atoms with Crippen LogP contribution in [-0.4, -0.2) is 35.4 Å². The van der Waals surface area contributed by atoms with Gasteiger partial charge in [0.25, 0.3) is 5.91 Å². The minimum Gasteiger partial charge on any atom is -0.409 e. The molecular weight excluding hydrogens is 321 g/mol. The zero-order valence-corrected chi connectivity index (χ0v) is 12.1. The predicted molar refractivity (Wildman–Crippen MR) is 74.1 cm³/mol. The molecule has 3 N–H and O–H groups in total. The Balaban J connectivity index is 2.74. The first-order valence-electron chi connectivity index (χ1n) is 5.12. The summed E-state index contributed by atoms with van der Waals surface area (Å²) in [5.41, 5.74) is 5.76. The standard InChI is InChI=1S/C11H13BrClN3O2/c1-16(5-4-10(14)15-18)11(17)8-3-2-7(12)6-9(8)13/h2-3,6,18H,4-5H2,1H3,(H2,14,15). The highest BCUT2D eigenvalue weighted by Crippen LogP contribution is 2.22. The van der Waals surface area contributed by atoms with Gasteiger partial charge in [-0.3, -0.25) is 4.79 Å². The van der Waals surface area contributed by atoms with Gasteiger partial charge in [-0.15, -0.1) is 0 Å². The first kappa shape index (κ1) is 14.8. The van der Waals surface area contributed by atoms with Crippen LogP contribution in [0.1, 0.15) is 16.8 Å². The Morgan fingerprint density at radius 1 is 1.61 bits per heavy atom. The lowest BCUT2D eigenvalue weighted by molar-refractivity contribution is 0.0798. The van der Waals surface area contributed by atoms with Crippen LogP contribution in [0.25, 0.3) is 0 Å². The number of oxime groups is 1. The molecule has 0 aliphatic heterocycles. The summed E-state index contributed by atoms with van der Waals surface area (Å²) in [5.74, 6) is -0.130. The highest BCUT2D eigenvalue weighted by molar-refractivity contribution is 9.10. The smallest absolute Gasteiger partial charge is 0.255 e. The molecule has 0 radical (unpaired) electrons. The van der Waals surface area contributed by atoms with Gasteiger partial charge in [0, 0.05) is 24.5 Å². The third kappa shape index (κ3) is 3.89. The van der Waals surface area contributed by atoms with E-state index in [-0.39, 0.29) is 11.7 Å². The first-order valence-corrected chi connectivity index (χ1v) is 6.29. The average molecular weight is 335 g/mol. The van der Waals surface area contributed by atoms with Gasteiger partial charge in [0.2, 0.25) is 0 Å². The number of hydrogen-bond donors (Lipinski definition) is 2. The van der Waals surface area contributed by atoms with Gasteiger partial charge in [0.15, 0.2) is 0 Å². The van der Waals surface area contributed by atoms with Crippen molar-refractivity contribution >= 4 is 39.3 Å². The summed E-state index contributed by atoms with van der Waals surface area (Å²) in [6.45, 7) is 0.348. The topological polar surface area (TPSA) is 78.9 Å². The number of hydrogen-bond acceptors (Lipinski definition) is 3. The zero-order valence-electron chi connectivity index (χ0n) is 9.73. The lowest BCUT2D eigenvalue weighted by Crippen LogP contribution is -2.30. The number of carbonyl (C=O) groups is 1. The van der Waals surface area contributed by atoms with Crippen LogP contribution in [-0.2, 0) is 0 Å². The molecule has 0 bridgehead atoms. The summed E-state index contributed by atoms with van der Waals surface area (Å²) in [7, 11) is 1.63. The molecular formula is C11H13BrClN3O2. The normalized spacial score (nSPS) is 11.4. The summed E-state index contributed by atoms with van der Waals surface area (Å²) < 4.78 is 0.809. The van der Waals surface area contributed by atoms with E-state index in [1.54, 1.807) is 25.2 Å². The number of amides is 1. The largest absolute Gasteiger partial charge is 0.409 e. The van der Waals surface area contributed by atoms with E-state index in [2.05, 4.69) is 21.1 Å². The van der Waals surface area contributed by atoms with Crippen LogP contribution in [0, 0.1) is 0 Å². The third-order valence-corrected chi connectivity index (χ3v) is 3.15. The SMILES string of the molecule is CN(CC/C(N)=N/O)C(=O)c1ccc(Br)cc1Cl. The van der Waals surface area contributed by atoms with E-state index in [0.717, 1.165) is 4.47 Å². The number of amidine groups is 1. The fraction of sp³-hybridized carbons (Fsp3) is 0.273. The molecule has 0 unspecified atom stereocenters. The second-order valence-corrected chi connectivity index (χ2v) is 5.02. The van der Waals surface area contributed by atoms with Gasteiger partial charge in [0.05, 0.1) is 10.6 Å². The second-order valence-electron chi connectivity index (χ2n) is 3.69. The molecule has 1 aromatic rings. The highest BCUT2D eigenvalue weighted by atomic mass is 79.9. The van der Waals surface area contributed by atoms with Crippen molar-refractivity contribution in [3.63, 3.8) is 0 Å². The minimum atomic E-state index is -0.210. The van der Waals surface area contributed by atoms with E-state index in [9.17, 15) is 4.79 Å². The number of rotatable bonds is 4. The van der Waals surface area contributed by atoms with Gasteiger partial charge in [-0.2, -0.15) is 0 Å². The predicted octanol–water partition coefficient (Wildman–Crippen LogP) is 2.31. The lowest BCUT2D eigenvalue weighted by atomic mass is 10.2. The summed E-state index contributed by atoms with van der Waals surface area (Å²) in [6, 6.07) is 5.05. The molecule has 7 heteroatoms. The lowest BCUT2D eigenvalue weighted by Gasteiger charge is -2.17. The summed E-state index contributed by atoms with van der Waals surface area (Å²) in [5, 5.41) is 11.6. The molecule has 5 nitrogen and oxygen atoms in total. The van der Waals surface area contributed by atoms with Gasteiger partial charge < -0.3 is 15.8 Å². The maximum absolute atomic E-state index is 12.1. The van der Waals surface area contributed by atoms with Gasteiger partial charge in [-0.25, -0.2) is 0 Å². The van der Waals surface area contributed by atoms with Crippen LogP contribution >= 0.6 is 27.5 Å². The molecule has 0 spiro atoms. The molecule has 0 heterocycles. The molecule has 0 fully saturated rings. The molecule has 18 heavy (non-hydrogen) atoms. The van der Waals surface area contributed by atoms with E-state index >= 15 is 0 Å². The zero-order chi connectivity index (χ0) is 13.7. The molecule has 1 amide bonds. The number of nitrogens with two attached hydrogens (primary N) is 1. The van der Waals surface area contributed by atoms with Crippen LogP contribution in [0.15, 0.2) is 27.8 Å². The number of benzene rings is 1. The second kappa shape index (κ2) is 6.61. The van der Waals surface area contributed by atoms with E-state index in [1.807, 2.05) is 0 Å². The van der Waals surface area contributed by atoms with Crippen LogP contribution in [0.5, 0.6) is 0 Å². The van der Waals surface area contributed by atoms with Crippen molar-refractivity contribution in [1.82, 2.24) is 4.90 Å². The van der Waals surface area contributed by atoms with Crippen LogP contribution < -0.4 is 5.73 Å². The van der Waals surface area contributed by atoms with E-state index < -0.39 is 0 Å². The molecule has 0 aliphatic carbocycles. The Kier molecular flexibility index (Phi) is 5.43. The Morgan fingerprint density at radius 2 is 2.28 bits per heavy atom. The molecule has 1 rings (SSSR count). The molecule has 1 aromatic carbocycles. The van der Waals surface area contributed by atoms with Crippen molar-refractivity contribution in [2.24, 2.45) is 10.9 Å². The molecule has 0 aliphatic rings. The van der Waals surface area contributed by atoms with E-state index in [0.29, 0.717) is 23.6 Å². The van der Waals surface area contributed by atoms with Gasteiger partial charge in [0.1, 0.15) is 5.84 Å². The molecule has 0 saturated carbocycles. The maximum atomic E-state index is 12.1. The van der Waals surface area contributed by atoms with Crippen molar-refractivity contribution < 1.29 is 10.0 Å². The fourth-order valence-corrected chi connectivity index (χ4v) is 2.06. The molecule has 0 saturated heterocycles. The Bertz CT molecular complexity index is 479. The van der Waals surface area contributed by atoms with Crippen molar-refractivity contribution in [3.8, 4) is 0 Å². The Hall–Kier alpha value is -1.27. The molecule has 0 aromatic heterocycles. The van der Waals surface area contributed by atoms with Gasteiger partial charge in [-0.1, -0.05) is 32.7 Å². The number of nitrogens with zero attached hydrogens (tertiary/aromatic N) is 2. The van der Waals surface area contributed by atoms with Crippen molar-refractivity contribution in [2.75, 3.05) is 13.6 Å². The van der Waals surface area contributed by atoms with Crippen molar-refractivity contribution in [1.29, 1.82) is 0 Å². The fourth-order valence-electron chi connectivity index (χ4n) is 1.30. The first-order chi connectivity index (χ1) is 8.45. The van der Waals surface area contributed by atoms with E-state index in [1.165, 1.54) is 4.90 Å². The Morgan fingerprint density at radius 3 is 2.83 bits per heavy atom. The summed E-state index contributed by atoms with van der Waals surface area (Å²) in [6.07, 6.45) is 0.298. The van der Waals surface area contributed by atoms with Crippen LogP contribution in [0.4, 0.5) is 0 Å². The van der Waals surface area contributed by atoms with E-state index in [4.69, 9.17) is 22.5 Å². The van der Waals surface area contributed by atoms with Crippen molar-refractivity contribution in [2.45, 2.75) is 6.42 Å². The number of carbonyl (C=O) groups excluding carboxylic acids is 1. The minimum absolute atomic E-state index is 0.0801. The Labute approximate surface area is 118 Å². The summed E-state index contributed by atoms with van der Waals surface area (Å²) in [4.78, 5) is 13.5. The molecule has 98 valence electrons. The maximum Gasteiger partial charge on any atom is 0.255 e. The summed E-state index contributed by atoms with van der Waals surface area (Å²) >= 11 is 9.26.